The zero-order valence-electron chi connectivity index (χ0n) is 15.1. The minimum atomic E-state index is -0.789. The molecule has 4 nitrogen and oxygen atoms in total. The predicted molar refractivity (Wildman–Crippen MR) is 86.9 cm³/mol. The minimum absolute atomic E-state index is 0.0256. The molecule has 3 aliphatic rings. The molecule has 3 rings (SSSR count). The van der Waals surface area contributed by atoms with Crippen molar-refractivity contribution in [2.24, 2.45) is 22.7 Å². The molecular weight excluding hydrogens is 292 g/mol. The zero-order chi connectivity index (χ0) is 17.0. The Morgan fingerprint density at radius 2 is 1.91 bits per heavy atom. The molecule has 5 atom stereocenters. The van der Waals surface area contributed by atoms with Crippen molar-refractivity contribution in [1.82, 2.24) is 0 Å². The minimum Gasteiger partial charge on any atom is -0.467 e. The van der Waals surface area contributed by atoms with Gasteiger partial charge in [0.05, 0.1) is 13.2 Å². The average molecular weight is 322 g/mol. The lowest BCUT2D eigenvalue weighted by atomic mass is 9.46. The van der Waals surface area contributed by atoms with Crippen LogP contribution in [0.3, 0.4) is 0 Å². The molecule has 0 spiro atoms. The number of carbonyl (C=O) groups excluding carboxylic acids is 2. The Morgan fingerprint density at radius 1 is 1.22 bits per heavy atom. The van der Waals surface area contributed by atoms with E-state index in [-0.39, 0.29) is 34.6 Å². The third kappa shape index (κ3) is 2.36. The van der Waals surface area contributed by atoms with Gasteiger partial charge < -0.3 is 14.3 Å². The van der Waals surface area contributed by atoms with Gasteiger partial charge in [-0.2, -0.15) is 0 Å². The first kappa shape index (κ1) is 16.9. The standard InChI is InChI=1S/C19H30O4/c1-12(20)7-8-13-18(4)10-6-9-17(2,3)14(18)11-15-19(13,23-15)16(21)22-5/h13-15H,6-11H2,1-5H3/t13-,14+,15+,18-,19-/m1/s1. The Balaban J connectivity index is 1.99. The molecule has 1 aliphatic heterocycles. The summed E-state index contributed by atoms with van der Waals surface area (Å²) in [5.74, 6) is 0.558. The quantitative estimate of drug-likeness (QED) is 0.587. The first-order chi connectivity index (χ1) is 10.7. The summed E-state index contributed by atoms with van der Waals surface area (Å²) in [6.45, 7) is 8.66. The summed E-state index contributed by atoms with van der Waals surface area (Å²) in [6.07, 6.45) is 5.67. The smallest absolute Gasteiger partial charge is 0.341 e. The lowest BCUT2D eigenvalue weighted by Crippen LogP contribution is -2.57. The van der Waals surface area contributed by atoms with Gasteiger partial charge in [-0.3, -0.25) is 0 Å². The van der Waals surface area contributed by atoms with Gasteiger partial charge in [0.25, 0.3) is 0 Å². The molecule has 0 aromatic heterocycles. The van der Waals surface area contributed by atoms with Crippen molar-refractivity contribution in [3.63, 3.8) is 0 Å². The molecule has 4 heteroatoms. The third-order valence-corrected chi connectivity index (χ3v) is 7.09. The van der Waals surface area contributed by atoms with E-state index >= 15 is 0 Å². The van der Waals surface area contributed by atoms with E-state index in [1.807, 2.05) is 0 Å². The summed E-state index contributed by atoms with van der Waals surface area (Å²) in [5.41, 5.74) is -0.489. The molecule has 0 aromatic rings. The van der Waals surface area contributed by atoms with Crippen LogP contribution < -0.4 is 0 Å². The monoisotopic (exact) mass is 322 g/mol. The molecule has 0 bridgehead atoms. The van der Waals surface area contributed by atoms with Crippen molar-refractivity contribution >= 4 is 11.8 Å². The Kier molecular flexibility index (Phi) is 3.90. The van der Waals surface area contributed by atoms with Crippen LogP contribution in [0, 0.1) is 22.7 Å². The van der Waals surface area contributed by atoms with E-state index in [2.05, 4.69) is 20.8 Å². The molecule has 1 saturated heterocycles. The van der Waals surface area contributed by atoms with E-state index in [1.54, 1.807) is 6.92 Å². The average Bonchev–Trinajstić information content (AvgIpc) is 3.18. The van der Waals surface area contributed by atoms with Crippen LogP contribution in [-0.2, 0) is 19.1 Å². The topological polar surface area (TPSA) is 55.9 Å². The first-order valence-electron chi connectivity index (χ1n) is 8.94. The highest BCUT2D eigenvalue weighted by Crippen LogP contribution is 2.69. The molecule has 2 aliphatic carbocycles. The summed E-state index contributed by atoms with van der Waals surface area (Å²) in [7, 11) is 1.44. The Morgan fingerprint density at radius 3 is 2.52 bits per heavy atom. The van der Waals surface area contributed by atoms with Crippen molar-refractivity contribution in [3.8, 4) is 0 Å². The van der Waals surface area contributed by atoms with Gasteiger partial charge in [-0.1, -0.05) is 27.2 Å². The molecule has 1 heterocycles. The number of Topliss-reactive ketones (excluding diaryl/α,β-unsaturated/α-hetero) is 1. The van der Waals surface area contributed by atoms with Gasteiger partial charge >= 0.3 is 5.97 Å². The van der Waals surface area contributed by atoms with Gasteiger partial charge in [-0.05, 0) is 49.4 Å². The van der Waals surface area contributed by atoms with Crippen LogP contribution in [0.2, 0.25) is 0 Å². The highest BCUT2D eigenvalue weighted by molar-refractivity contribution is 5.84. The first-order valence-corrected chi connectivity index (χ1v) is 8.94. The summed E-state index contributed by atoms with van der Waals surface area (Å²) >= 11 is 0. The number of ether oxygens (including phenoxy) is 2. The molecule has 0 N–H and O–H groups in total. The van der Waals surface area contributed by atoms with Crippen LogP contribution in [0.4, 0.5) is 0 Å². The van der Waals surface area contributed by atoms with Gasteiger partial charge in [0.15, 0.2) is 5.60 Å². The summed E-state index contributed by atoms with van der Waals surface area (Å²) in [5, 5.41) is 0. The summed E-state index contributed by atoms with van der Waals surface area (Å²) < 4.78 is 11.1. The number of hydrogen-bond acceptors (Lipinski definition) is 4. The van der Waals surface area contributed by atoms with Crippen LogP contribution in [0.25, 0.3) is 0 Å². The number of rotatable bonds is 4. The Hall–Kier alpha value is -0.900. The van der Waals surface area contributed by atoms with Gasteiger partial charge in [0.1, 0.15) is 5.78 Å². The highest BCUT2D eigenvalue weighted by Gasteiger charge is 2.76. The number of esters is 1. The van der Waals surface area contributed by atoms with Crippen LogP contribution >= 0.6 is 0 Å². The normalized spacial score (nSPS) is 44.0. The van der Waals surface area contributed by atoms with E-state index in [4.69, 9.17) is 9.47 Å². The fraction of sp³-hybridized carbons (Fsp3) is 0.895. The fourth-order valence-electron chi connectivity index (χ4n) is 5.98. The number of carbonyl (C=O) groups is 2. The molecular formula is C19H30O4. The van der Waals surface area contributed by atoms with Crippen molar-refractivity contribution in [2.45, 2.75) is 77.9 Å². The van der Waals surface area contributed by atoms with E-state index in [0.717, 1.165) is 19.3 Å². The predicted octanol–water partition coefficient (Wildman–Crippen LogP) is 3.52. The number of ketones is 1. The Bertz CT molecular complexity index is 525. The summed E-state index contributed by atoms with van der Waals surface area (Å²) in [6, 6.07) is 0. The van der Waals surface area contributed by atoms with Crippen molar-refractivity contribution < 1.29 is 19.1 Å². The molecule has 0 amide bonds. The van der Waals surface area contributed by atoms with Gasteiger partial charge in [0.2, 0.25) is 0 Å². The second kappa shape index (κ2) is 5.30. The lowest BCUT2D eigenvalue weighted by Gasteiger charge is -2.57. The third-order valence-electron chi connectivity index (χ3n) is 7.09. The van der Waals surface area contributed by atoms with Gasteiger partial charge in [-0.25, -0.2) is 4.79 Å². The second-order valence-electron chi connectivity index (χ2n) is 8.82. The van der Waals surface area contributed by atoms with E-state index < -0.39 is 5.60 Å². The van der Waals surface area contributed by atoms with Crippen molar-refractivity contribution in [2.75, 3.05) is 7.11 Å². The largest absolute Gasteiger partial charge is 0.467 e. The molecule has 2 saturated carbocycles. The van der Waals surface area contributed by atoms with Crippen molar-refractivity contribution in [3.05, 3.63) is 0 Å². The van der Waals surface area contributed by atoms with Gasteiger partial charge in [0, 0.05) is 12.3 Å². The van der Waals surface area contributed by atoms with Crippen LogP contribution in [0.1, 0.15) is 66.2 Å². The van der Waals surface area contributed by atoms with E-state index in [1.165, 1.54) is 20.0 Å². The van der Waals surface area contributed by atoms with Gasteiger partial charge in [-0.15, -0.1) is 0 Å². The maximum Gasteiger partial charge on any atom is 0.341 e. The van der Waals surface area contributed by atoms with E-state index in [0.29, 0.717) is 12.3 Å². The van der Waals surface area contributed by atoms with Crippen molar-refractivity contribution in [1.29, 1.82) is 0 Å². The van der Waals surface area contributed by atoms with Crippen LogP contribution in [0.15, 0.2) is 0 Å². The molecule has 3 fully saturated rings. The maximum atomic E-state index is 12.5. The SMILES string of the molecule is COC(=O)[C@]12O[C@H]1C[C@H]1C(C)(C)CCC[C@]1(C)[C@H]2CCC(C)=O. The molecule has 130 valence electrons. The number of hydrogen-bond donors (Lipinski definition) is 0. The van der Waals surface area contributed by atoms with Crippen LogP contribution in [-0.4, -0.2) is 30.6 Å². The maximum absolute atomic E-state index is 12.5. The lowest BCUT2D eigenvalue weighted by molar-refractivity contribution is -0.159. The van der Waals surface area contributed by atoms with E-state index in [9.17, 15) is 9.59 Å². The second-order valence-corrected chi connectivity index (χ2v) is 8.82. The highest BCUT2D eigenvalue weighted by atomic mass is 16.7. The summed E-state index contributed by atoms with van der Waals surface area (Å²) in [4.78, 5) is 24.1. The number of epoxide rings is 1. The molecule has 0 radical (unpaired) electrons. The zero-order valence-corrected chi connectivity index (χ0v) is 15.1. The number of fused-ring (bicyclic) bond motifs is 2. The molecule has 23 heavy (non-hydrogen) atoms. The number of methoxy groups -OCH3 is 1. The molecule has 0 unspecified atom stereocenters. The fourth-order valence-corrected chi connectivity index (χ4v) is 5.98. The molecule has 0 aromatic carbocycles. The Labute approximate surface area is 139 Å². The van der Waals surface area contributed by atoms with Crippen LogP contribution in [0.5, 0.6) is 0 Å².